The minimum atomic E-state index is -0.208. The molecule has 4 fully saturated rings. The topological polar surface area (TPSA) is 82.6 Å². The van der Waals surface area contributed by atoms with Crippen molar-refractivity contribution in [3.63, 3.8) is 0 Å². The lowest BCUT2D eigenvalue weighted by Gasteiger charge is -2.38. The molecule has 0 spiro atoms. The molecule has 2 aromatic heterocycles. The monoisotopic (exact) mass is 544 g/mol. The molecule has 37 heavy (non-hydrogen) atoms. The van der Waals surface area contributed by atoms with Crippen molar-refractivity contribution in [3.8, 4) is 0 Å². The highest BCUT2D eigenvalue weighted by Crippen LogP contribution is 2.42. The second-order valence-electron chi connectivity index (χ2n) is 10.8. The second kappa shape index (κ2) is 10.3. The number of nitrogens with zero attached hydrogens (tertiary/aromatic N) is 4. The predicted molar refractivity (Wildman–Crippen MR) is 144 cm³/mol. The third kappa shape index (κ3) is 4.83. The Labute approximate surface area is 228 Å². The average Bonchev–Trinajstić information content (AvgIpc) is 3.49. The first-order valence-electron chi connectivity index (χ1n) is 13.4. The van der Waals surface area contributed by atoms with Crippen LogP contribution >= 0.6 is 23.2 Å². The van der Waals surface area contributed by atoms with Crippen molar-refractivity contribution < 1.29 is 9.53 Å². The molecule has 1 aliphatic carbocycles. The van der Waals surface area contributed by atoms with Gasteiger partial charge in [0.05, 0.1) is 34.0 Å². The van der Waals surface area contributed by atoms with E-state index in [9.17, 15) is 4.79 Å². The Kier molecular flexibility index (Phi) is 7.05. The van der Waals surface area contributed by atoms with Gasteiger partial charge in [-0.2, -0.15) is 0 Å². The van der Waals surface area contributed by atoms with Crippen molar-refractivity contribution >= 4 is 34.9 Å². The van der Waals surface area contributed by atoms with E-state index >= 15 is 0 Å². The van der Waals surface area contributed by atoms with Gasteiger partial charge >= 0.3 is 0 Å². The van der Waals surface area contributed by atoms with E-state index in [-0.39, 0.29) is 18.2 Å². The van der Waals surface area contributed by atoms with E-state index in [0.29, 0.717) is 40.4 Å². The molecule has 0 aromatic carbocycles. The number of ether oxygens (including phenoxy) is 1. The van der Waals surface area contributed by atoms with Gasteiger partial charge in [-0.1, -0.05) is 29.3 Å². The zero-order valence-electron chi connectivity index (χ0n) is 21.3. The van der Waals surface area contributed by atoms with Crippen LogP contribution in [-0.4, -0.2) is 58.6 Å². The van der Waals surface area contributed by atoms with Gasteiger partial charge < -0.3 is 14.5 Å². The summed E-state index contributed by atoms with van der Waals surface area (Å²) in [6.07, 6.45) is 8.18. The molecule has 4 aliphatic rings. The van der Waals surface area contributed by atoms with Crippen LogP contribution in [0.4, 0.5) is 5.82 Å². The molecule has 2 aromatic rings. The number of aryl methyl sites for hydroxylation is 1. The molecular weight excluding hydrogens is 511 g/mol. The van der Waals surface area contributed by atoms with Gasteiger partial charge in [0, 0.05) is 56.1 Å². The number of halogens is 2. The number of fused-ring (bicyclic) bond motifs is 2. The molecule has 10 heteroatoms. The molecule has 0 radical (unpaired) electrons. The molecular formula is C27H34Cl2N6O2. The van der Waals surface area contributed by atoms with Gasteiger partial charge in [-0.15, -0.1) is 0 Å². The summed E-state index contributed by atoms with van der Waals surface area (Å²) in [7, 11) is 0. The summed E-state index contributed by atoms with van der Waals surface area (Å²) >= 11 is 13.0. The van der Waals surface area contributed by atoms with Crippen molar-refractivity contribution in [1.82, 2.24) is 25.7 Å². The molecule has 6 rings (SSSR count). The SMILES string of the molecule is Cc1ncc(Cl)c([C@@H](C)OC2CCC3NNC(c4ccc(N5CCN6C(=O)CCC6C5)nc4)C3C2)c1Cl. The predicted octanol–water partition coefficient (Wildman–Crippen LogP) is 4.37. The number of carbonyl (C=O) groups is 1. The largest absolute Gasteiger partial charge is 0.370 e. The first-order chi connectivity index (χ1) is 17.9. The lowest BCUT2D eigenvalue weighted by molar-refractivity contribution is -0.129. The summed E-state index contributed by atoms with van der Waals surface area (Å²) in [5.74, 6) is 1.69. The van der Waals surface area contributed by atoms with Crippen molar-refractivity contribution in [2.75, 3.05) is 24.5 Å². The van der Waals surface area contributed by atoms with E-state index in [4.69, 9.17) is 32.9 Å². The van der Waals surface area contributed by atoms with Crippen molar-refractivity contribution in [2.45, 2.75) is 76.3 Å². The van der Waals surface area contributed by atoms with E-state index in [2.05, 4.69) is 32.9 Å². The highest BCUT2D eigenvalue weighted by Gasteiger charge is 2.42. The van der Waals surface area contributed by atoms with Crippen molar-refractivity contribution in [1.29, 1.82) is 0 Å². The van der Waals surface area contributed by atoms with E-state index in [1.54, 1.807) is 6.20 Å². The van der Waals surface area contributed by atoms with Crippen molar-refractivity contribution in [3.05, 3.63) is 51.4 Å². The fraction of sp³-hybridized carbons (Fsp3) is 0.593. The zero-order chi connectivity index (χ0) is 25.7. The van der Waals surface area contributed by atoms with Crippen LogP contribution in [0.2, 0.25) is 10.0 Å². The maximum Gasteiger partial charge on any atom is 0.223 e. The molecule has 5 heterocycles. The minimum absolute atomic E-state index is 0.124. The Bertz CT molecular complexity index is 1160. The van der Waals surface area contributed by atoms with E-state index in [1.807, 2.05) is 24.9 Å². The molecule has 2 N–H and O–H groups in total. The van der Waals surface area contributed by atoms with E-state index in [0.717, 1.165) is 62.4 Å². The second-order valence-corrected chi connectivity index (χ2v) is 11.6. The number of amides is 1. The van der Waals surface area contributed by atoms with E-state index < -0.39 is 0 Å². The van der Waals surface area contributed by atoms with Gasteiger partial charge in [0.15, 0.2) is 0 Å². The van der Waals surface area contributed by atoms with Crippen LogP contribution in [0.15, 0.2) is 24.5 Å². The molecule has 6 atom stereocenters. The van der Waals surface area contributed by atoms with Gasteiger partial charge in [-0.05, 0) is 57.1 Å². The number of piperazine rings is 1. The highest BCUT2D eigenvalue weighted by molar-refractivity contribution is 6.36. The van der Waals surface area contributed by atoms with Gasteiger partial charge in [0.25, 0.3) is 0 Å². The minimum Gasteiger partial charge on any atom is -0.370 e. The Morgan fingerprint density at radius 1 is 1.11 bits per heavy atom. The zero-order valence-corrected chi connectivity index (χ0v) is 22.8. The summed E-state index contributed by atoms with van der Waals surface area (Å²) in [6, 6.07) is 5.23. The molecule has 1 amide bonds. The standard InChI is InChI=1S/C27H34Cl2N6O2/c1-15-26(29)25(21(28)13-30-15)16(2)37-19-5-6-22-20(11-19)27(33-32-22)17-3-7-23(31-12-17)34-9-10-35-18(14-34)4-8-24(35)36/h3,7,12-13,16,18-20,22,27,32-33H,4-6,8-11,14H2,1-2H3/t16-,18?,19?,20?,22?,27?/m1/s1. The Morgan fingerprint density at radius 3 is 2.78 bits per heavy atom. The first-order valence-corrected chi connectivity index (χ1v) is 14.1. The first kappa shape index (κ1) is 25.3. The number of hydrogen-bond acceptors (Lipinski definition) is 7. The molecule has 1 saturated carbocycles. The summed E-state index contributed by atoms with van der Waals surface area (Å²) in [4.78, 5) is 25.5. The third-order valence-corrected chi connectivity index (χ3v) is 9.42. The third-order valence-electron chi connectivity index (χ3n) is 8.64. The van der Waals surface area contributed by atoms with Crippen LogP contribution < -0.4 is 15.8 Å². The maximum absolute atomic E-state index is 12.0. The van der Waals surface area contributed by atoms with Crippen LogP contribution in [0, 0.1) is 12.8 Å². The number of hydrogen-bond donors (Lipinski definition) is 2. The molecule has 3 saturated heterocycles. The average molecular weight is 546 g/mol. The van der Waals surface area contributed by atoms with Gasteiger partial charge in [-0.3, -0.25) is 15.2 Å². The number of carbonyl (C=O) groups excluding carboxylic acids is 1. The van der Waals surface area contributed by atoms with Crippen LogP contribution in [0.5, 0.6) is 0 Å². The summed E-state index contributed by atoms with van der Waals surface area (Å²) in [6.45, 7) is 6.40. The molecule has 0 bridgehead atoms. The fourth-order valence-electron chi connectivity index (χ4n) is 6.62. The lowest BCUT2D eigenvalue weighted by atomic mass is 9.78. The Morgan fingerprint density at radius 2 is 1.97 bits per heavy atom. The quantitative estimate of drug-likeness (QED) is 0.578. The highest BCUT2D eigenvalue weighted by atomic mass is 35.5. The maximum atomic E-state index is 12.0. The Hall–Kier alpha value is -1.97. The van der Waals surface area contributed by atoms with Crippen LogP contribution in [0.25, 0.3) is 0 Å². The van der Waals surface area contributed by atoms with Crippen LogP contribution in [-0.2, 0) is 9.53 Å². The van der Waals surface area contributed by atoms with E-state index in [1.165, 1.54) is 5.56 Å². The molecule has 8 nitrogen and oxygen atoms in total. The number of rotatable bonds is 5. The van der Waals surface area contributed by atoms with Gasteiger partial charge in [0.1, 0.15) is 5.82 Å². The van der Waals surface area contributed by atoms with Crippen LogP contribution in [0.3, 0.4) is 0 Å². The number of aromatic nitrogens is 2. The Balaban J connectivity index is 1.11. The lowest BCUT2D eigenvalue weighted by Crippen LogP contribution is -2.51. The summed E-state index contributed by atoms with van der Waals surface area (Å²) in [5.41, 5.74) is 9.81. The van der Waals surface area contributed by atoms with Gasteiger partial charge in [-0.25, -0.2) is 10.4 Å². The normalized spacial score (nSPS) is 30.4. The summed E-state index contributed by atoms with van der Waals surface area (Å²) in [5, 5.41) is 1.13. The van der Waals surface area contributed by atoms with Crippen LogP contribution in [0.1, 0.15) is 68.0 Å². The van der Waals surface area contributed by atoms with Gasteiger partial charge in [0.2, 0.25) is 5.91 Å². The molecule has 3 aliphatic heterocycles. The smallest absolute Gasteiger partial charge is 0.223 e. The molecule has 5 unspecified atom stereocenters. The molecule has 198 valence electrons. The number of anilines is 1. The number of pyridine rings is 2. The summed E-state index contributed by atoms with van der Waals surface area (Å²) < 4.78 is 6.52. The number of nitrogens with one attached hydrogen (secondary N) is 2. The van der Waals surface area contributed by atoms with Crippen molar-refractivity contribution in [2.24, 2.45) is 5.92 Å². The number of hydrazine groups is 1. The fourth-order valence-corrected chi connectivity index (χ4v) is 7.27.